The maximum Gasteiger partial charge on any atom is 0.240 e. The predicted octanol–water partition coefficient (Wildman–Crippen LogP) is 2.55. The molecule has 1 aliphatic heterocycles. The molecule has 3 rings (SSSR count). The second-order valence-corrected chi connectivity index (χ2v) is 7.36. The number of sulfonamides is 1. The summed E-state index contributed by atoms with van der Waals surface area (Å²) in [6, 6.07) is 10.8. The number of hydrogen-bond donors (Lipinski definition) is 1. The Balaban J connectivity index is 1.68. The fraction of sp³-hybridized carbons (Fsp3) is 0.294. The summed E-state index contributed by atoms with van der Waals surface area (Å²) in [6.07, 6.45) is 0.650. The molecule has 0 fully saturated rings. The Kier molecular flexibility index (Phi) is 4.28. The van der Waals surface area contributed by atoms with Crippen molar-refractivity contribution in [2.75, 3.05) is 13.3 Å². The second-order valence-electron chi connectivity index (χ2n) is 5.59. The van der Waals surface area contributed by atoms with E-state index in [-0.39, 0.29) is 11.7 Å². The lowest BCUT2D eigenvalue weighted by molar-refractivity contribution is 0.174. The van der Waals surface area contributed by atoms with Gasteiger partial charge in [0, 0.05) is 12.6 Å². The summed E-state index contributed by atoms with van der Waals surface area (Å²) in [4.78, 5) is 0.183. The van der Waals surface area contributed by atoms with Crippen LogP contribution in [0.15, 0.2) is 41.3 Å². The normalized spacial score (nSPS) is 13.3. The van der Waals surface area contributed by atoms with Crippen molar-refractivity contribution in [3.63, 3.8) is 0 Å². The van der Waals surface area contributed by atoms with Crippen LogP contribution in [-0.2, 0) is 16.4 Å². The summed E-state index contributed by atoms with van der Waals surface area (Å²) in [5.41, 5.74) is 3.49. The van der Waals surface area contributed by atoms with Crippen LogP contribution in [0.3, 0.4) is 0 Å². The van der Waals surface area contributed by atoms with E-state index in [9.17, 15) is 8.42 Å². The van der Waals surface area contributed by atoms with Crippen LogP contribution in [0.5, 0.6) is 11.5 Å². The molecule has 0 spiro atoms. The quantitative estimate of drug-likeness (QED) is 0.913. The van der Waals surface area contributed by atoms with E-state index in [0.717, 1.165) is 11.1 Å². The second kappa shape index (κ2) is 6.22. The summed E-state index contributed by atoms with van der Waals surface area (Å²) in [7, 11) is -3.56. The maximum absolute atomic E-state index is 12.4. The van der Waals surface area contributed by atoms with E-state index in [1.165, 1.54) is 17.7 Å². The molecule has 0 unspecified atom stereocenters. The number of nitrogens with one attached hydrogen (secondary N) is 1. The Morgan fingerprint density at radius 1 is 1.04 bits per heavy atom. The number of hydrogen-bond acceptors (Lipinski definition) is 4. The zero-order chi connectivity index (χ0) is 16.4. The van der Waals surface area contributed by atoms with Gasteiger partial charge in [-0.25, -0.2) is 13.1 Å². The topological polar surface area (TPSA) is 64.6 Å². The number of ether oxygens (including phenoxy) is 2. The van der Waals surface area contributed by atoms with Crippen LogP contribution in [0.1, 0.15) is 16.7 Å². The van der Waals surface area contributed by atoms with Crippen LogP contribution in [0.2, 0.25) is 0 Å². The van der Waals surface area contributed by atoms with Crippen LogP contribution in [0, 0.1) is 13.8 Å². The van der Waals surface area contributed by atoms with Gasteiger partial charge in [0.2, 0.25) is 16.8 Å². The minimum absolute atomic E-state index is 0.124. The average molecular weight is 333 g/mol. The van der Waals surface area contributed by atoms with E-state index < -0.39 is 10.0 Å². The molecule has 2 aromatic carbocycles. The summed E-state index contributed by atoms with van der Waals surface area (Å²) >= 11 is 0. The van der Waals surface area contributed by atoms with E-state index in [4.69, 9.17) is 9.47 Å². The molecule has 1 N–H and O–H groups in total. The number of benzene rings is 2. The van der Waals surface area contributed by atoms with Crippen LogP contribution < -0.4 is 14.2 Å². The monoisotopic (exact) mass is 333 g/mol. The molecule has 0 aromatic heterocycles. The third kappa shape index (κ3) is 3.48. The molecule has 1 heterocycles. The van der Waals surface area contributed by atoms with E-state index in [0.29, 0.717) is 24.5 Å². The number of rotatable bonds is 5. The van der Waals surface area contributed by atoms with Crippen LogP contribution in [-0.4, -0.2) is 21.8 Å². The zero-order valence-corrected chi connectivity index (χ0v) is 13.9. The Morgan fingerprint density at radius 2 is 1.83 bits per heavy atom. The lowest BCUT2D eigenvalue weighted by atomic mass is 10.0. The highest BCUT2D eigenvalue weighted by molar-refractivity contribution is 7.89. The average Bonchev–Trinajstić information content (AvgIpc) is 2.98. The van der Waals surface area contributed by atoms with Crippen molar-refractivity contribution in [1.29, 1.82) is 0 Å². The highest BCUT2D eigenvalue weighted by Crippen LogP contribution is 2.33. The minimum Gasteiger partial charge on any atom is -0.454 e. The van der Waals surface area contributed by atoms with E-state index >= 15 is 0 Å². The smallest absolute Gasteiger partial charge is 0.240 e. The van der Waals surface area contributed by atoms with Gasteiger partial charge in [-0.15, -0.1) is 0 Å². The molecule has 0 atom stereocenters. The Hall–Kier alpha value is -2.05. The van der Waals surface area contributed by atoms with Gasteiger partial charge >= 0.3 is 0 Å². The van der Waals surface area contributed by atoms with Crippen molar-refractivity contribution in [2.24, 2.45) is 0 Å². The molecule has 1 aliphatic rings. The predicted molar refractivity (Wildman–Crippen MR) is 87.4 cm³/mol. The van der Waals surface area contributed by atoms with Crippen molar-refractivity contribution in [1.82, 2.24) is 4.72 Å². The van der Waals surface area contributed by atoms with Crippen molar-refractivity contribution in [3.8, 4) is 11.5 Å². The fourth-order valence-electron chi connectivity index (χ4n) is 2.52. The standard InChI is InChI=1S/C17H19NO4S/c1-12-3-4-13(2)14(9-12)7-8-18-23(19,20)15-5-6-16-17(10-15)22-11-21-16/h3-6,9-10,18H,7-8,11H2,1-2H3. The first-order valence-corrected chi connectivity index (χ1v) is 8.89. The first-order chi connectivity index (χ1) is 11.0. The van der Waals surface area contributed by atoms with Crippen LogP contribution in [0.4, 0.5) is 0 Å². The first kappa shape index (κ1) is 15.8. The van der Waals surface area contributed by atoms with Crippen molar-refractivity contribution < 1.29 is 17.9 Å². The summed E-state index contributed by atoms with van der Waals surface area (Å²) in [6.45, 7) is 4.53. The molecule has 0 bridgehead atoms. The van der Waals surface area contributed by atoms with Gasteiger partial charge in [0.1, 0.15) is 0 Å². The lowest BCUT2D eigenvalue weighted by Crippen LogP contribution is -2.26. The third-order valence-electron chi connectivity index (χ3n) is 3.85. The SMILES string of the molecule is Cc1ccc(C)c(CCNS(=O)(=O)c2ccc3c(c2)OCO3)c1. The van der Waals surface area contributed by atoms with Gasteiger partial charge in [-0.3, -0.25) is 0 Å². The molecular weight excluding hydrogens is 314 g/mol. The number of fused-ring (bicyclic) bond motifs is 1. The Labute approximate surface area is 136 Å². The van der Waals surface area contributed by atoms with Crippen molar-refractivity contribution in [3.05, 3.63) is 53.1 Å². The van der Waals surface area contributed by atoms with Crippen LogP contribution in [0.25, 0.3) is 0 Å². The van der Waals surface area contributed by atoms with E-state index in [1.807, 2.05) is 13.8 Å². The fourth-order valence-corrected chi connectivity index (χ4v) is 3.56. The highest BCUT2D eigenvalue weighted by atomic mass is 32.2. The van der Waals surface area contributed by atoms with Gasteiger partial charge in [-0.2, -0.15) is 0 Å². The van der Waals surface area contributed by atoms with Gasteiger partial charge in [0.05, 0.1) is 4.90 Å². The van der Waals surface area contributed by atoms with Gasteiger partial charge < -0.3 is 9.47 Å². The van der Waals surface area contributed by atoms with Gasteiger partial charge in [-0.1, -0.05) is 23.8 Å². The molecular formula is C17H19NO4S. The largest absolute Gasteiger partial charge is 0.454 e. The van der Waals surface area contributed by atoms with Crippen molar-refractivity contribution in [2.45, 2.75) is 25.2 Å². The molecule has 0 amide bonds. The van der Waals surface area contributed by atoms with E-state index in [1.54, 1.807) is 6.07 Å². The Bertz CT molecular complexity index is 830. The van der Waals surface area contributed by atoms with Crippen LogP contribution >= 0.6 is 0 Å². The molecule has 0 radical (unpaired) electrons. The molecule has 2 aromatic rings. The van der Waals surface area contributed by atoms with Gasteiger partial charge in [0.25, 0.3) is 0 Å². The molecule has 23 heavy (non-hydrogen) atoms. The summed E-state index contributed by atoms with van der Waals surface area (Å²) in [5, 5.41) is 0. The molecule has 0 aliphatic carbocycles. The molecule has 0 saturated heterocycles. The summed E-state index contributed by atoms with van der Waals surface area (Å²) < 4.78 is 37.8. The zero-order valence-electron chi connectivity index (χ0n) is 13.1. The molecule has 122 valence electrons. The third-order valence-corrected chi connectivity index (χ3v) is 5.30. The lowest BCUT2D eigenvalue weighted by Gasteiger charge is -2.10. The number of aryl methyl sites for hydroxylation is 2. The molecule has 0 saturated carbocycles. The Morgan fingerprint density at radius 3 is 2.65 bits per heavy atom. The maximum atomic E-state index is 12.4. The van der Waals surface area contributed by atoms with Crippen molar-refractivity contribution >= 4 is 10.0 Å². The van der Waals surface area contributed by atoms with Gasteiger partial charge in [-0.05, 0) is 43.5 Å². The van der Waals surface area contributed by atoms with Gasteiger partial charge in [0.15, 0.2) is 11.5 Å². The molecule has 5 nitrogen and oxygen atoms in total. The highest BCUT2D eigenvalue weighted by Gasteiger charge is 2.19. The van der Waals surface area contributed by atoms with E-state index in [2.05, 4.69) is 22.9 Å². The molecule has 6 heteroatoms. The minimum atomic E-state index is -3.56. The summed E-state index contributed by atoms with van der Waals surface area (Å²) in [5.74, 6) is 1.03. The first-order valence-electron chi connectivity index (χ1n) is 7.41.